The number of aldehydes is 1. The first-order chi connectivity index (χ1) is 5.81. The second-order valence-corrected chi connectivity index (χ2v) is 3.13. The molecule has 2 nitrogen and oxygen atoms in total. The monoisotopic (exact) mass is 162 g/mol. The summed E-state index contributed by atoms with van der Waals surface area (Å²) in [6.45, 7) is 2.85. The van der Waals surface area contributed by atoms with Crippen molar-refractivity contribution < 1.29 is 9.53 Å². The van der Waals surface area contributed by atoms with Gasteiger partial charge in [-0.25, -0.2) is 0 Å². The number of fused-ring (bicyclic) bond motifs is 1. The van der Waals surface area contributed by atoms with Crippen LogP contribution in [0.5, 0.6) is 5.75 Å². The third-order valence-electron chi connectivity index (χ3n) is 2.19. The highest BCUT2D eigenvalue weighted by Crippen LogP contribution is 2.33. The minimum atomic E-state index is 0.459. The van der Waals surface area contributed by atoms with Crippen molar-refractivity contribution in [2.75, 3.05) is 6.61 Å². The molecule has 1 aromatic rings. The summed E-state index contributed by atoms with van der Waals surface area (Å²) in [5.41, 5.74) is 1.89. The summed E-state index contributed by atoms with van der Waals surface area (Å²) in [6, 6.07) is 5.60. The fourth-order valence-electron chi connectivity index (χ4n) is 1.46. The van der Waals surface area contributed by atoms with Crippen molar-refractivity contribution in [3.63, 3.8) is 0 Å². The van der Waals surface area contributed by atoms with Crippen molar-refractivity contribution in [2.24, 2.45) is 0 Å². The van der Waals surface area contributed by atoms with E-state index in [9.17, 15) is 4.79 Å². The SMILES string of the molecule is CC1COc2cc(C=O)ccc21. The second kappa shape index (κ2) is 2.63. The van der Waals surface area contributed by atoms with Gasteiger partial charge < -0.3 is 4.74 Å². The van der Waals surface area contributed by atoms with Gasteiger partial charge in [-0.3, -0.25) is 4.79 Å². The summed E-state index contributed by atoms with van der Waals surface area (Å²) in [7, 11) is 0. The van der Waals surface area contributed by atoms with E-state index in [1.807, 2.05) is 12.1 Å². The summed E-state index contributed by atoms with van der Waals surface area (Å²) in [6.07, 6.45) is 0.840. The van der Waals surface area contributed by atoms with E-state index in [1.54, 1.807) is 6.07 Å². The first kappa shape index (κ1) is 7.35. The number of rotatable bonds is 1. The summed E-state index contributed by atoms with van der Waals surface area (Å²) in [5.74, 6) is 1.33. The molecule has 2 heteroatoms. The minimum absolute atomic E-state index is 0.459. The molecule has 1 atom stereocenters. The molecule has 0 spiro atoms. The van der Waals surface area contributed by atoms with Gasteiger partial charge in [0.05, 0.1) is 6.61 Å². The van der Waals surface area contributed by atoms with Gasteiger partial charge in [0.15, 0.2) is 0 Å². The van der Waals surface area contributed by atoms with Crippen LogP contribution in [0.25, 0.3) is 0 Å². The Hall–Kier alpha value is -1.31. The van der Waals surface area contributed by atoms with Gasteiger partial charge in [-0.15, -0.1) is 0 Å². The molecule has 1 heterocycles. The van der Waals surface area contributed by atoms with Gasteiger partial charge in [0.2, 0.25) is 0 Å². The molecular weight excluding hydrogens is 152 g/mol. The molecule has 2 rings (SSSR count). The topological polar surface area (TPSA) is 26.3 Å². The highest BCUT2D eigenvalue weighted by Gasteiger charge is 2.19. The van der Waals surface area contributed by atoms with Crippen molar-refractivity contribution in [3.8, 4) is 5.75 Å². The quantitative estimate of drug-likeness (QED) is 0.590. The van der Waals surface area contributed by atoms with Gasteiger partial charge in [-0.2, -0.15) is 0 Å². The molecule has 1 aliphatic heterocycles. The maximum Gasteiger partial charge on any atom is 0.150 e. The molecule has 0 amide bonds. The lowest BCUT2D eigenvalue weighted by atomic mass is 10.0. The number of hydrogen-bond donors (Lipinski definition) is 0. The summed E-state index contributed by atoms with van der Waals surface area (Å²) < 4.78 is 5.39. The fourth-order valence-corrected chi connectivity index (χ4v) is 1.46. The molecule has 1 unspecified atom stereocenters. The minimum Gasteiger partial charge on any atom is -0.493 e. The van der Waals surface area contributed by atoms with Crippen molar-refractivity contribution >= 4 is 6.29 Å². The molecule has 0 fully saturated rings. The Labute approximate surface area is 71.2 Å². The van der Waals surface area contributed by atoms with Crippen LogP contribution in [0, 0.1) is 0 Å². The summed E-state index contributed by atoms with van der Waals surface area (Å²) in [4.78, 5) is 10.4. The Morgan fingerprint density at radius 2 is 2.42 bits per heavy atom. The zero-order chi connectivity index (χ0) is 8.55. The molecule has 0 N–H and O–H groups in total. The van der Waals surface area contributed by atoms with E-state index in [4.69, 9.17) is 4.74 Å². The zero-order valence-electron chi connectivity index (χ0n) is 6.91. The molecule has 0 bridgehead atoms. The molecule has 0 saturated carbocycles. The van der Waals surface area contributed by atoms with Gasteiger partial charge >= 0.3 is 0 Å². The molecule has 1 aliphatic rings. The maximum absolute atomic E-state index is 10.4. The number of benzene rings is 1. The van der Waals surface area contributed by atoms with Crippen LogP contribution < -0.4 is 4.74 Å². The van der Waals surface area contributed by atoms with E-state index in [-0.39, 0.29) is 0 Å². The lowest BCUT2D eigenvalue weighted by molar-refractivity contribution is 0.112. The van der Waals surface area contributed by atoms with Crippen LogP contribution >= 0.6 is 0 Å². The van der Waals surface area contributed by atoms with Crippen LogP contribution in [0.3, 0.4) is 0 Å². The lowest BCUT2D eigenvalue weighted by Gasteiger charge is -1.99. The third kappa shape index (κ3) is 0.998. The summed E-state index contributed by atoms with van der Waals surface area (Å²) in [5, 5.41) is 0. The smallest absolute Gasteiger partial charge is 0.150 e. The highest BCUT2D eigenvalue weighted by molar-refractivity contribution is 5.76. The average molecular weight is 162 g/mol. The maximum atomic E-state index is 10.4. The zero-order valence-corrected chi connectivity index (χ0v) is 6.91. The molecule has 0 saturated heterocycles. The van der Waals surface area contributed by atoms with E-state index in [0.29, 0.717) is 11.5 Å². The first-order valence-corrected chi connectivity index (χ1v) is 4.03. The molecule has 1 aromatic carbocycles. The Bertz CT molecular complexity index is 318. The molecule has 12 heavy (non-hydrogen) atoms. The van der Waals surface area contributed by atoms with E-state index < -0.39 is 0 Å². The van der Waals surface area contributed by atoms with Crippen LogP contribution in [0.15, 0.2) is 18.2 Å². The third-order valence-corrected chi connectivity index (χ3v) is 2.19. The fraction of sp³-hybridized carbons (Fsp3) is 0.300. The van der Waals surface area contributed by atoms with Crippen molar-refractivity contribution in [2.45, 2.75) is 12.8 Å². The normalized spacial score (nSPS) is 19.9. The number of ether oxygens (including phenoxy) is 1. The van der Waals surface area contributed by atoms with E-state index in [1.165, 1.54) is 5.56 Å². The Morgan fingerprint density at radius 1 is 1.58 bits per heavy atom. The number of carbonyl (C=O) groups excluding carboxylic acids is 1. The van der Waals surface area contributed by atoms with Crippen molar-refractivity contribution in [3.05, 3.63) is 29.3 Å². The predicted molar refractivity (Wildman–Crippen MR) is 45.7 cm³/mol. The van der Waals surface area contributed by atoms with Gasteiger partial charge in [-0.05, 0) is 6.07 Å². The largest absolute Gasteiger partial charge is 0.493 e. The van der Waals surface area contributed by atoms with Crippen LogP contribution in [-0.4, -0.2) is 12.9 Å². The highest BCUT2D eigenvalue weighted by atomic mass is 16.5. The van der Waals surface area contributed by atoms with Gasteiger partial charge in [0, 0.05) is 17.0 Å². The molecule has 62 valence electrons. The van der Waals surface area contributed by atoms with Crippen LogP contribution in [0.2, 0.25) is 0 Å². The van der Waals surface area contributed by atoms with E-state index in [0.717, 1.165) is 18.6 Å². The van der Waals surface area contributed by atoms with Crippen LogP contribution in [-0.2, 0) is 0 Å². The van der Waals surface area contributed by atoms with Crippen LogP contribution in [0.1, 0.15) is 28.8 Å². The molecule has 0 aromatic heterocycles. The van der Waals surface area contributed by atoms with Gasteiger partial charge in [0.25, 0.3) is 0 Å². The predicted octanol–water partition coefficient (Wildman–Crippen LogP) is 2.00. The van der Waals surface area contributed by atoms with E-state index >= 15 is 0 Å². The van der Waals surface area contributed by atoms with Crippen molar-refractivity contribution in [1.82, 2.24) is 0 Å². The Morgan fingerprint density at radius 3 is 3.17 bits per heavy atom. The van der Waals surface area contributed by atoms with Gasteiger partial charge in [0.1, 0.15) is 12.0 Å². The van der Waals surface area contributed by atoms with E-state index in [2.05, 4.69) is 6.92 Å². The number of hydrogen-bond acceptors (Lipinski definition) is 2. The van der Waals surface area contributed by atoms with Crippen LogP contribution in [0.4, 0.5) is 0 Å². The molecule has 0 radical (unpaired) electrons. The lowest BCUT2D eigenvalue weighted by Crippen LogP contribution is -1.93. The van der Waals surface area contributed by atoms with Crippen molar-refractivity contribution in [1.29, 1.82) is 0 Å². The average Bonchev–Trinajstić information content (AvgIpc) is 2.47. The van der Waals surface area contributed by atoms with Gasteiger partial charge in [-0.1, -0.05) is 19.1 Å². The molecular formula is C10H10O2. The first-order valence-electron chi connectivity index (χ1n) is 4.03. The Balaban J connectivity index is 2.48. The molecule has 0 aliphatic carbocycles. The summed E-state index contributed by atoms with van der Waals surface area (Å²) >= 11 is 0. The second-order valence-electron chi connectivity index (χ2n) is 3.13. The number of carbonyl (C=O) groups is 1. The standard InChI is InChI=1S/C10H10O2/c1-7-6-12-10-4-8(5-11)2-3-9(7)10/h2-5,7H,6H2,1H3. The Kier molecular flexibility index (Phi) is 1.61.